The van der Waals surface area contributed by atoms with Gasteiger partial charge in [0.05, 0.1) is 23.9 Å². The zero-order valence-electron chi connectivity index (χ0n) is 11.1. The summed E-state index contributed by atoms with van der Waals surface area (Å²) in [5, 5.41) is 3.16. The molecule has 0 saturated heterocycles. The van der Waals surface area contributed by atoms with Gasteiger partial charge >= 0.3 is 0 Å². The van der Waals surface area contributed by atoms with Gasteiger partial charge in [-0.15, -0.1) is 0 Å². The monoisotopic (exact) mass is 286 g/mol. The number of nitrogens with two attached hydrogens (primary N) is 1. The molecule has 5 nitrogen and oxygen atoms in total. The molecule has 1 unspecified atom stereocenters. The van der Waals surface area contributed by atoms with Crippen molar-refractivity contribution >= 4 is 28.9 Å². The molecule has 1 aromatic carbocycles. The lowest BCUT2D eigenvalue weighted by atomic mass is 10.2. The number of nitrogens with one attached hydrogen (secondary N) is 1. The van der Waals surface area contributed by atoms with Crippen LogP contribution in [0.25, 0.3) is 0 Å². The van der Waals surface area contributed by atoms with Gasteiger partial charge in [-0.2, -0.15) is 0 Å². The molecule has 0 spiro atoms. The maximum Gasteiger partial charge on any atom is 0.253 e. The number of amides is 1. The fourth-order valence-electron chi connectivity index (χ4n) is 1.37. The summed E-state index contributed by atoms with van der Waals surface area (Å²) in [6.45, 7) is 5.07. The average Bonchev–Trinajstić information content (AvgIpc) is 2.38. The predicted octanol–water partition coefficient (Wildman–Crippen LogP) is 2.30. The second-order valence-electron chi connectivity index (χ2n) is 3.94. The largest absolute Gasteiger partial charge is 0.397 e. The van der Waals surface area contributed by atoms with Crippen LogP contribution < -0.4 is 11.1 Å². The van der Waals surface area contributed by atoms with Gasteiger partial charge in [0.25, 0.3) is 5.91 Å². The SMILES string of the molecule is CCOCCOC(C)C(=O)Nc1ccc(Cl)c(N)c1. The number of hydrogen-bond donors (Lipinski definition) is 2. The molecule has 0 heterocycles. The van der Waals surface area contributed by atoms with Gasteiger partial charge < -0.3 is 20.5 Å². The summed E-state index contributed by atoms with van der Waals surface area (Å²) < 4.78 is 10.5. The number of rotatable bonds is 7. The minimum atomic E-state index is -0.558. The highest BCUT2D eigenvalue weighted by atomic mass is 35.5. The Morgan fingerprint density at radius 1 is 1.47 bits per heavy atom. The minimum Gasteiger partial charge on any atom is -0.397 e. The molecule has 19 heavy (non-hydrogen) atoms. The number of hydrogen-bond acceptors (Lipinski definition) is 4. The lowest BCUT2D eigenvalue weighted by Gasteiger charge is -2.13. The molecule has 0 aliphatic heterocycles. The molecule has 1 amide bonds. The second-order valence-corrected chi connectivity index (χ2v) is 4.34. The van der Waals surface area contributed by atoms with Crippen molar-refractivity contribution < 1.29 is 14.3 Å². The van der Waals surface area contributed by atoms with Crippen LogP contribution in [0.3, 0.4) is 0 Å². The van der Waals surface area contributed by atoms with E-state index in [1.54, 1.807) is 25.1 Å². The van der Waals surface area contributed by atoms with Gasteiger partial charge in [-0.3, -0.25) is 4.79 Å². The Balaban J connectivity index is 2.42. The lowest BCUT2D eigenvalue weighted by molar-refractivity contribution is -0.127. The van der Waals surface area contributed by atoms with Crippen LogP contribution >= 0.6 is 11.6 Å². The third-order valence-electron chi connectivity index (χ3n) is 2.43. The minimum absolute atomic E-state index is 0.238. The third-order valence-corrected chi connectivity index (χ3v) is 2.78. The van der Waals surface area contributed by atoms with E-state index in [9.17, 15) is 4.79 Å². The van der Waals surface area contributed by atoms with Crippen LogP contribution in [-0.4, -0.2) is 31.8 Å². The molecule has 0 bridgehead atoms. The smallest absolute Gasteiger partial charge is 0.253 e. The van der Waals surface area contributed by atoms with Crippen LogP contribution in [0.2, 0.25) is 5.02 Å². The quantitative estimate of drug-likeness (QED) is 0.596. The van der Waals surface area contributed by atoms with Gasteiger partial charge in [-0.05, 0) is 32.0 Å². The lowest BCUT2D eigenvalue weighted by Crippen LogP contribution is -2.28. The first-order valence-corrected chi connectivity index (χ1v) is 6.47. The maximum absolute atomic E-state index is 11.8. The molecular formula is C13H19ClN2O3. The van der Waals surface area contributed by atoms with Gasteiger partial charge in [0.15, 0.2) is 0 Å². The van der Waals surface area contributed by atoms with Crippen molar-refractivity contribution in [2.24, 2.45) is 0 Å². The number of halogens is 1. The van der Waals surface area contributed by atoms with Crippen molar-refractivity contribution in [1.29, 1.82) is 0 Å². The molecule has 1 rings (SSSR count). The molecule has 1 aromatic rings. The van der Waals surface area contributed by atoms with E-state index in [1.807, 2.05) is 6.92 Å². The summed E-state index contributed by atoms with van der Waals surface area (Å²) in [7, 11) is 0. The standard InChI is InChI=1S/C13H19ClN2O3/c1-3-18-6-7-19-9(2)13(17)16-10-4-5-11(14)12(15)8-10/h4-5,8-9H,3,6-7,15H2,1-2H3,(H,16,17). The number of benzene rings is 1. The number of ether oxygens (including phenoxy) is 2. The van der Waals surface area contributed by atoms with Crippen molar-refractivity contribution in [3.63, 3.8) is 0 Å². The van der Waals surface area contributed by atoms with Crippen LogP contribution in [0.5, 0.6) is 0 Å². The Morgan fingerprint density at radius 2 is 2.21 bits per heavy atom. The number of anilines is 2. The molecule has 3 N–H and O–H groups in total. The van der Waals surface area contributed by atoms with Gasteiger partial charge in [-0.1, -0.05) is 11.6 Å². The van der Waals surface area contributed by atoms with Crippen LogP contribution in [0.1, 0.15) is 13.8 Å². The summed E-state index contributed by atoms with van der Waals surface area (Å²) in [5.41, 5.74) is 6.67. The summed E-state index contributed by atoms with van der Waals surface area (Å²) in [6.07, 6.45) is -0.558. The average molecular weight is 287 g/mol. The van der Waals surface area contributed by atoms with E-state index in [-0.39, 0.29) is 5.91 Å². The van der Waals surface area contributed by atoms with Crippen LogP contribution in [0.4, 0.5) is 11.4 Å². The highest BCUT2D eigenvalue weighted by Crippen LogP contribution is 2.22. The molecule has 1 atom stereocenters. The molecule has 0 saturated carbocycles. The maximum atomic E-state index is 11.8. The van der Waals surface area contributed by atoms with E-state index in [1.165, 1.54) is 0 Å². The van der Waals surface area contributed by atoms with E-state index < -0.39 is 6.10 Å². The van der Waals surface area contributed by atoms with Crippen molar-refractivity contribution in [3.8, 4) is 0 Å². The van der Waals surface area contributed by atoms with Crippen molar-refractivity contribution in [1.82, 2.24) is 0 Å². The van der Waals surface area contributed by atoms with E-state index >= 15 is 0 Å². The van der Waals surface area contributed by atoms with Crippen molar-refractivity contribution in [2.75, 3.05) is 30.9 Å². The fourth-order valence-corrected chi connectivity index (χ4v) is 1.49. The highest BCUT2D eigenvalue weighted by molar-refractivity contribution is 6.33. The topological polar surface area (TPSA) is 73.6 Å². The Morgan fingerprint density at radius 3 is 2.84 bits per heavy atom. The van der Waals surface area contributed by atoms with Crippen molar-refractivity contribution in [2.45, 2.75) is 20.0 Å². The Hall–Kier alpha value is -1.30. The molecular weight excluding hydrogens is 268 g/mol. The van der Waals surface area contributed by atoms with Gasteiger partial charge in [-0.25, -0.2) is 0 Å². The van der Waals surface area contributed by atoms with Crippen LogP contribution in [0, 0.1) is 0 Å². The van der Waals surface area contributed by atoms with Gasteiger partial charge in [0.2, 0.25) is 0 Å². The first kappa shape index (κ1) is 15.8. The summed E-state index contributed by atoms with van der Waals surface area (Å²) >= 11 is 5.80. The number of carbonyl (C=O) groups is 1. The highest BCUT2D eigenvalue weighted by Gasteiger charge is 2.13. The fraction of sp³-hybridized carbons (Fsp3) is 0.462. The molecule has 0 aliphatic rings. The molecule has 6 heteroatoms. The summed E-state index contributed by atoms with van der Waals surface area (Å²) in [4.78, 5) is 11.8. The van der Waals surface area contributed by atoms with Gasteiger partial charge in [0.1, 0.15) is 6.10 Å². The van der Waals surface area contributed by atoms with Crippen molar-refractivity contribution in [3.05, 3.63) is 23.2 Å². The summed E-state index contributed by atoms with van der Waals surface area (Å²) in [6, 6.07) is 4.92. The number of carbonyl (C=O) groups excluding carboxylic acids is 1. The zero-order valence-corrected chi connectivity index (χ0v) is 11.9. The predicted molar refractivity (Wildman–Crippen MR) is 76.4 cm³/mol. The molecule has 106 valence electrons. The second kappa shape index (κ2) is 7.99. The zero-order chi connectivity index (χ0) is 14.3. The molecule has 0 radical (unpaired) electrons. The normalized spacial score (nSPS) is 12.2. The van der Waals surface area contributed by atoms with Crippen LogP contribution in [0.15, 0.2) is 18.2 Å². The van der Waals surface area contributed by atoms with E-state index in [4.69, 9.17) is 26.8 Å². The Kier molecular flexibility index (Phi) is 6.62. The van der Waals surface area contributed by atoms with Crippen LogP contribution in [-0.2, 0) is 14.3 Å². The van der Waals surface area contributed by atoms with E-state index in [2.05, 4.69) is 5.32 Å². The molecule has 0 fully saturated rings. The third kappa shape index (κ3) is 5.46. The van der Waals surface area contributed by atoms with Gasteiger partial charge in [0, 0.05) is 12.3 Å². The Labute approximate surface area is 118 Å². The first-order valence-electron chi connectivity index (χ1n) is 6.09. The molecule has 0 aromatic heterocycles. The number of nitrogen functional groups attached to an aromatic ring is 1. The molecule has 0 aliphatic carbocycles. The van der Waals surface area contributed by atoms with E-state index in [0.717, 1.165) is 0 Å². The Bertz CT molecular complexity index is 426. The first-order chi connectivity index (χ1) is 9.04. The summed E-state index contributed by atoms with van der Waals surface area (Å²) in [5.74, 6) is -0.238. The van der Waals surface area contributed by atoms with E-state index in [0.29, 0.717) is 36.2 Å².